The lowest BCUT2D eigenvalue weighted by molar-refractivity contribution is -0.137. The quantitative estimate of drug-likeness (QED) is 0.837. The molecule has 7 heteroatoms. The average molecular weight is 365 g/mol. The summed E-state index contributed by atoms with van der Waals surface area (Å²) in [6, 6.07) is 3.65. The molecule has 0 aromatic heterocycles. The van der Waals surface area contributed by atoms with Gasteiger partial charge in [-0.15, -0.1) is 0 Å². The van der Waals surface area contributed by atoms with Gasteiger partial charge in [0.1, 0.15) is 0 Å². The van der Waals surface area contributed by atoms with E-state index in [1.807, 2.05) is 6.92 Å². The number of hydrogen-bond acceptors (Lipinski definition) is 2. The Labute approximate surface area is 129 Å². The third kappa shape index (κ3) is 4.44. The average Bonchev–Trinajstić information content (AvgIpc) is 2.37. The molecular weight excluding hydrogens is 349 g/mol. The molecule has 0 radical (unpaired) electrons. The lowest BCUT2D eigenvalue weighted by Crippen LogP contribution is -2.40. The first-order valence-electron chi connectivity index (χ1n) is 6.68. The first kappa shape index (κ1) is 16.3. The number of alkyl halides is 3. The van der Waals surface area contributed by atoms with Crippen molar-refractivity contribution in [2.75, 3.05) is 11.9 Å². The van der Waals surface area contributed by atoms with Crippen molar-refractivity contribution >= 4 is 27.5 Å². The van der Waals surface area contributed by atoms with E-state index in [0.717, 1.165) is 18.7 Å². The Morgan fingerprint density at radius 3 is 2.71 bits per heavy atom. The van der Waals surface area contributed by atoms with Crippen molar-refractivity contribution < 1.29 is 18.0 Å². The minimum atomic E-state index is -4.44. The van der Waals surface area contributed by atoms with Gasteiger partial charge in [-0.3, -0.25) is 4.79 Å². The highest BCUT2D eigenvalue weighted by atomic mass is 79.9. The zero-order chi connectivity index (χ0) is 15.6. The van der Waals surface area contributed by atoms with Crippen molar-refractivity contribution in [2.24, 2.45) is 5.92 Å². The highest BCUT2D eigenvalue weighted by Gasteiger charge is 2.31. The van der Waals surface area contributed by atoms with Crippen LogP contribution in [0.4, 0.5) is 18.9 Å². The summed E-state index contributed by atoms with van der Waals surface area (Å²) < 4.78 is 38.5. The second-order valence-corrected chi connectivity index (χ2v) is 6.21. The molecule has 0 saturated carbocycles. The number of halogens is 4. The van der Waals surface area contributed by atoms with E-state index in [2.05, 4.69) is 26.6 Å². The van der Waals surface area contributed by atoms with Crippen LogP contribution in [0.2, 0.25) is 0 Å². The molecule has 21 heavy (non-hydrogen) atoms. The number of amides is 1. The van der Waals surface area contributed by atoms with Gasteiger partial charge in [0.2, 0.25) is 5.91 Å². The normalized spacial score (nSPS) is 22.9. The van der Waals surface area contributed by atoms with E-state index < -0.39 is 11.7 Å². The molecule has 0 aliphatic carbocycles. The number of rotatable bonds is 2. The minimum Gasteiger partial charge on any atom is -0.326 e. The molecule has 1 aliphatic rings. The van der Waals surface area contributed by atoms with Crippen LogP contribution in [0, 0.1) is 5.92 Å². The maximum Gasteiger partial charge on any atom is 0.416 e. The summed E-state index contributed by atoms with van der Waals surface area (Å²) in [6.45, 7) is 2.73. The summed E-state index contributed by atoms with van der Waals surface area (Å²) in [7, 11) is 0. The van der Waals surface area contributed by atoms with Crippen molar-refractivity contribution in [3.63, 3.8) is 0 Å². The molecule has 2 unspecified atom stereocenters. The van der Waals surface area contributed by atoms with Gasteiger partial charge in [0.15, 0.2) is 0 Å². The summed E-state index contributed by atoms with van der Waals surface area (Å²) in [5.41, 5.74) is -0.626. The van der Waals surface area contributed by atoms with Gasteiger partial charge in [-0.2, -0.15) is 13.2 Å². The van der Waals surface area contributed by atoms with Crippen LogP contribution in [-0.2, 0) is 11.0 Å². The minimum absolute atomic E-state index is 0.160. The molecule has 0 bridgehead atoms. The van der Waals surface area contributed by atoms with Gasteiger partial charge in [0.25, 0.3) is 0 Å². The molecule has 2 atom stereocenters. The number of carbonyl (C=O) groups is 1. The number of hydrogen-bond donors (Lipinski definition) is 2. The zero-order valence-corrected chi connectivity index (χ0v) is 13.0. The van der Waals surface area contributed by atoms with Crippen molar-refractivity contribution in [3.8, 4) is 0 Å². The summed E-state index contributed by atoms with van der Waals surface area (Å²) in [5.74, 6) is -0.399. The highest BCUT2D eigenvalue weighted by molar-refractivity contribution is 9.10. The zero-order valence-electron chi connectivity index (χ0n) is 11.4. The molecular formula is C14H16BrF3N2O. The fourth-order valence-electron chi connectivity index (χ4n) is 2.44. The van der Waals surface area contributed by atoms with Crippen molar-refractivity contribution in [2.45, 2.75) is 32.0 Å². The van der Waals surface area contributed by atoms with E-state index in [0.29, 0.717) is 12.8 Å². The molecule has 1 aromatic rings. The van der Waals surface area contributed by atoms with Crippen LogP contribution in [0.15, 0.2) is 22.7 Å². The van der Waals surface area contributed by atoms with E-state index in [1.165, 1.54) is 6.07 Å². The molecule has 1 aromatic carbocycles. The predicted molar refractivity (Wildman–Crippen MR) is 78.0 cm³/mol. The number of anilines is 1. The lowest BCUT2D eigenvalue weighted by Gasteiger charge is -2.27. The van der Waals surface area contributed by atoms with Crippen LogP contribution in [-0.4, -0.2) is 18.5 Å². The first-order chi connectivity index (χ1) is 9.75. The Hall–Kier alpha value is -1.08. The van der Waals surface area contributed by atoms with Gasteiger partial charge < -0.3 is 10.6 Å². The molecule has 1 saturated heterocycles. The van der Waals surface area contributed by atoms with E-state index in [4.69, 9.17) is 0 Å². The lowest BCUT2D eigenvalue weighted by atomic mass is 9.92. The van der Waals surface area contributed by atoms with Crippen LogP contribution in [0.5, 0.6) is 0 Å². The number of piperidine rings is 1. The molecule has 1 amide bonds. The molecule has 2 N–H and O–H groups in total. The number of benzene rings is 1. The van der Waals surface area contributed by atoms with Gasteiger partial charge in [-0.25, -0.2) is 0 Å². The second-order valence-electron chi connectivity index (χ2n) is 5.29. The third-order valence-electron chi connectivity index (χ3n) is 3.49. The molecule has 0 spiro atoms. The van der Waals surface area contributed by atoms with Crippen LogP contribution in [0.3, 0.4) is 0 Å². The summed E-state index contributed by atoms with van der Waals surface area (Å²) in [4.78, 5) is 12.1. The van der Waals surface area contributed by atoms with Crippen LogP contribution >= 0.6 is 15.9 Å². The Kier molecular flexibility index (Phi) is 4.93. The van der Waals surface area contributed by atoms with Crippen LogP contribution in [0.1, 0.15) is 25.3 Å². The van der Waals surface area contributed by atoms with Crippen molar-refractivity contribution in [1.82, 2.24) is 5.32 Å². The van der Waals surface area contributed by atoms with Gasteiger partial charge in [0.05, 0.1) is 5.56 Å². The first-order valence-corrected chi connectivity index (χ1v) is 7.47. The SMILES string of the molecule is CC1CC(C(=O)Nc2cc(Br)cc(C(F)(F)F)c2)CCN1. The van der Waals surface area contributed by atoms with Gasteiger partial charge in [-0.05, 0) is 44.5 Å². The van der Waals surface area contributed by atoms with Crippen molar-refractivity contribution in [1.29, 1.82) is 0 Å². The van der Waals surface area contributed by atoms with Crippen molar-refractivity contribution in [3.05, 3.63) is 28.2 Å². The highest BCUT2D eigenvalue weighted by Crippen LogP contribution is 2.33. The molecule has 116 valence electrons. The maximum absolute atomic E-state index is 12.7. The van der Waals surface area contributed by atoms with Gasteiger partial charge in [0, 0.05) is 22.1 Å². The fraction of sp³-hybridized carbons (Fsp3) is 0.500. The smallest absolute Gasteiger partial charge is 0.326 e. The fourth-order valence-corrected chi connectivity index (χ4v) is 2.93. The topological polar surface area (TPSA) is 41.1 Å². The van der Waals surface area contributed by atoms with Gasteiger partial charge in [-0.1, -0.05) is 15.9 Å². The Morgan fingerprint density at radius 2 is 2.10 bits per heavy atom. The third-order valence-corrected chi connectivity index (χ3v) is 3.94. The monoisotopic (exact) mass is 364 g/mol. The summed E-state index contributed by atoms with van der Waals surface area (Å²) in [6.07, 6.45) is -3.06. The molecule has 1 heterocycles. The standard InChI is InChI=1S/C14H16BrF3N2O/c1-8-4-9(2-3-19-8)13(21)20-12-6-10(14(16,17)18)5-11(15)7-12/h5-9,19H,2-4H2,1H3,(H,20,21). The largest absolute Gasteiger partial charge is 0.416 e. The number of nitrogens with one attached hydrogen (secondary N) is 2. The maximum atomic E-state index is 12.7. The molecule has 1 aliphatic heterocycles. The molecule has 3 nitrogen and oxygen atoms in total. The Bertz CT molecular complexity index is 533. The van der Waals surface area contributed by atoms with E-state index >= 15 is 0 Å². The second kappa shape index (κ2) is 6.36. The molecule has 1 fully saturated rings. The number of carbonyl (C=O) groups excluding carboxylic acids is 1. The van der Waals surface area contributed by atoms with E-state index in [-0.39, 0.29) is 28.0 Å². The van der Waals surface area contributed by atoms with Crippen LogP contribution in [0.25, 0.3) is 0 Å². The summed E-state index contributed by atoms with van der Waals surface area (Å²) in [5, 5.41) is 5.82. The van der Waals surface area contributed by atoms with Gasteiger partial charge >= 0.3 is 6.18 Å². The van der Waals surface area contributed by atoms with E-state index in [9.17, 15) is 18.0 Å². The Morgan fingerprint density at radius 1 is 1.38 bits per heavy atom. The predicted octanol–water partition coefficient (Wildman–Crippen LogP) is 3.79. The Balaban J connectivity index is 2.12. The molecule has 2 rings (SSSR count). The van der Waals surface area contributed by atoms with Crippen LogP contribution < -0.4 is 10.6 Å². The van der Waals surface area contributed by atoms with E-state index in [1.54, 1.807) is 0 Å². The summed E-state index contributed by atoms with van der Waals surface area (Å²) >= 11 is 3.04.